The molecule has 1 aliphatic heterocycles. The number of guanidine groups is 1. The summed E-state index contributed by atoms with van der Waals surface area (Å²) < 4.78 is 0.899. The molecule has 1 atom stereocenters. The number of rotatable bonds is 2. The molecule has 0 saturated carbocycles. The summed E-state index contributed by atoms with van der Waals surface area (Å²) in [5.74, 6) is -0.590. The highest BCUT2D eigenvalue weighted by Crippen LogP contribution is 2.36. The van der Waals surface area contributed by atoms with Crippen LogP contribution in [0.3, 0.4) is 0 Å². The van der Waals surface area contributed by atoms with Gasteiger partial charge >= 0.3 is 5.97 Å². The summed E-state index contributed by atoms with van der Waals surface area (Å²) in [6.07, 6.45) is 0. The van der Waals surface area contributed by atoms with Gasteiger partial charge in [0.15, 0.2) is 5.96 Å². The van der Waals surface area contributed by atoms with Crippen LogP contribution >= 0.6 is 15.9 Å². The fourth-order valence-electron chi connectivity index (χ4n) is 2.87. The molecule has 1 saturated heterocycles. The molecular formula is C14H15BrN4O2. The summed E-state index contributed by atoms with van der Waals surface area (Å²) in [4.78, 5) is 18.2. The minimum absolute atomic E-state index is 0.156. The average molecular weight is 351 g/mol. The molecule has 21 heavy (non-hydrogen) atoms. The monoisotopic (exact) mass is 350 g/mol. The van der Waals surface area contributed by atoms with Gasteiger partial charge < -0.3 is 19.9 Å². The van der Waals surface area contributed by atoms with Gasteiger partial charge in [0.1, 0.15) is 5.69 Å². The Labute approximate surface area is 130 Å². The van der Waals surface area contributed by atoms with Crippen LogP contribution in [0.4, 0.5) is 0 Å². The van der Waals surface area contributed by atoms with Gasteiger partial charge in [-0.05, 0) is 18.2 Å². The van der Waals surface area contributed by atoms with Gasteiger partial charge in [-0.1, -0.05) is 15.9 Å². The van der Waals surface area contributed by atoms with Crippen molar-refractivity contribution in [2.24, 2.45) is 0 Å². The number of nitrogens with zero attached hydrogens (tertiary/aromatic N) is 2. The summed E-state index contributed by atoms with van der Waals surface area (Å²) in [5.41, 5.74) is 1.72. The number of aromatic nitrogens is 1. The lowest BCUT2D eigenvalue weighted by molar-refractivity contribution is 0.0689. The van der Waals surface area contributed by atoms with E-state index in [0.29, 0.717) is 12.5 Å². The summed E-state index contributed by atoms with van der Waals surface area (Å²) in [7, 11) is 3.66. The van der Waals surface area contributed by atoms with Crippen molar-refractivity contribution in [3.05, 3.63) is 33.9 Å². The van der Waals surface area contributed by atoms with E-state index in [0.717, 1.165) is 20.9 Å². The smallest absolute Gasteiger partial charge is 0.352 e. The number of carbonyl (C=O) groups is 1. The predicted molar refractivity (Wildman–Crippen MR) is 83.8 cm³/mol. The van der Waals surface area contributed by atoms with Crippen molar-refractivity contribution >= 4 is 38.8 Å². The maximum Gasteiger partial charge on any atom is 0.352 e. The molecule has 2 heterocycles. The van der Waals surface area contributed by atoms with Gasteiger partial charge in [-0.2, -0.15) is 0 Å². The predicted octanol–water partition coefficient (Wildman–Crippen LogP) is 2.48. The van der Waals surface area contributed by atoms with E-state index in [1.54, 1.807) is 4.90 Å². The highest BCUT2D eigenvalue weighted by atomic mass is 79.9. The Kier molecular flexibility index (Phi) is 3.16. The number of carboxylic acid groups (broad SMARTS) is 1. The summed E-state index contributed by atoms with van der Waals surface area (Å²) >= 11 is 3.43. The fourth-order valence-corrected chi connectivity index (χ4v) is 3.23. The third kappa shape index (κ3) is 2.08. The van der Waals surface area contributed by atoms with Gasteiger partial charge in [-0.3, -0.25) is 5.41 Å². The molecule has 1 aliphatic rings. The first-order chi connectivity index (χ1) is 9.90. The molecule has 1 unspecified atom stereocenters. The standard InChI is InChI=1S/C14H15BrN4O2/c1-18-6-10(19(2)14(18)16)11-8-5-7(15)3-4-9(8)17-12(11)13(20)21/h3-5,10,16-17H,6H2,1-2H3,(H,20,21). The number of nitrogens with one attached hydrogen (secondary N) is 2. The van der Waals surface area contributed by atoms with Crippen molar-refractivity contribution in [3.8, 4) is 0 Å². The number of aromatic amines is 1. The zero-order valence-corrected chi connectivity index (χ0v) is 13.2. The maximum atomic E-state index is 11.6. The van der Waals surface area contributed by atoms with Crippen LogP contribution in [-0.4, -0.2) is 52.5 Å². The maximum absolute atomic E-state index is 11.6. The average Bonchev–Trinajstić information content (AvgIpc) is 2.91. The fraction of sp³-hybridized carbons (Fsp3) is 0.286. The summed E-state index contributed by atoms with van der Waals surface area (Å²) in [6, 6.07) is 5.50. The Morgan fingerprint density at radius 3 is 2.76 bits per heavy atom. The van der Waals surface area contributed by atoms with Crippen molar-refractivity contribution in [1.29, 1.82) is 5.41 Å². The van der Waals surface area contributed by atoms with Gasteiger partial charge in [-0.15, -0.1) is 0 Å². The number of hydrogen-bond acceptors (Lipinski definition) is 2. The first-order valence-corrected chi connectivity index (χ1v) is 7.26. The molecule has 3 N–H and O–H groups in total. The lowest BCUT2D eigenvalue weighted by atomic mass is 10.0. The third-order valence-corrected chi connectivity index (χ3v) is 4.45. The second-order valence-electron chi connectivity index (χ2n) is 5.24. The first-order valence-electron chi connectivity index (χ1n) is 6.47. The second kappa shape index (κ2) is 4.77. The molecule has 3 rings (SSSR count). The number of hydrogen-bond donors (Lipinski definition) is 3. The van der Waals surface area contributed by atoms with Gasteiger partial charge in [0.05, 0.1) is 6.04 Å². The minimum atomic E-state index is -0.980. The van der Waals surface area contributed by atoms with Crippen LogP contribution in [0.2, 0.25) is 0 Å². The summed E-state index contributed by atoms with van der Waals surface area (Å²) in [5, 5.41) is 18.4. The largest absolute Gasteiger partial charge is 0.477 e. The zero-order valence-electron chi connectivity index (χ0n) is 11.6. The number of likely N-dealkylation sites (N-methyl/N-ethyl adjacent to an activating group) is 2. The van der Waals surface area contributed by atoms with Crippen LogP contribution in [0.1, 0.15) is 22.1 Å². The SMILES string of the molecule is CN1CC(c2c(C(=O)O)[nH]c3ccc(Br)cc23)N(C)C1=N. The van der Waals surface area contributed by atoms with E-state index >= 15 is 0 Å². The van der Waals surface area contributed by atoms with Crippen LogP contribution in [0.15, 0.2) is 22.7 Å². The molecule has 6 nitrogen and oxygen atoms in total. The van der Waals surface area contributed by atoms with E-state index in [9.17, 15) is 9.90 Å². The highest BCUT2D eigenvalue weighted by molar-refractivity contribution is 9.10. The van der Waals surface area contributed by atoms with Crippen molar-refractivity contribution < 1.29 is 9.90 Å². The molecule has 7 heteroatoms. The quantitative estimate of drug-likeness (QED) is 0.776. The van der Waals surface area contributed by atoms with Crippen molar-refractivity contribution in [2.75, 3.05) is 20.6 Å². The van der Waals surface area contributed by atoms with Crippen LogP contribution in [0, 0.1) is 5.41 Å². The number of H-pyrrole nitrogens is 1. The Hall–Kier alpha value is -2.02. The van der Waals surface area contributed by atoms with E-state index in [1.807, 2.05) is 37.2 Å². The molecule has 0 radical (unpaired) electrons. The lowest BCUT2D eigenvalue weighted by Gasteiger charge is -2.20. The Morgan fingerprint density at radius 2 is 2.19 bits per heavy atom. The third-order valence-electron chi connectivity index (χ3n) is 3.96. The van der Waals surface area contributed by atoms with Crippen molar-refractivity contribution in [1.82, 2.24) is 14.8 Å². The van der Waals surface area contributed by atoms with E-state index in [4.69, 9.17) is 5.41 Å². The van der Waals surface area contributed by atoms with E-state index in [2.05, 4.69) is 20.9 Å². The molecule has 0 spiro atoms. The Bertz CT molecular complexity index is 755. The molecule has 0 bridgehead atoms. The number of benzene rings is 1. The number of fused-ring (bicyclic) bond motifs is 1. The number of aromatic carboxylic acids is 1. The second-order valence-corrected chi connectivity index (χ2v) is 6.16. The molecule has 1 aromatic carbocycles. The van der Waals surface area contributed by atoms with Gasteiger partial charge in [0.2, 0.25) is 0 Å². The van der Waals surface area contributed by atoms with Gasteiger partial charge in [0, 0.05) is 41.6 Å². The number of carboxylic acids is 1. The van der Waals surface area contributed by atoms with Crippen LogP contribution in [0.25, 0.3) is 10.9 Å². The van der Waals surface area contributed by atoms with E-state index in [1.165, 1.54) is 0 Å². The van der Waals surface area contributed by atoms with Crippen molar-refractivity contribution in [2.45, 2.75) is 6.04 Å². The van der Waals surface area contributed by atoms with E-state index in [-0.39, 0.29) is 11.7 Å². The van der Waals surface area contributed by atoms with Gasteiger partial charge in [-0.25, -0.2) is 4.79 Å². The minimum Gasteiger partial charge on any atom is -0.477 e. The molecule has 1 fully saturated rings. The topological polar surface area (TPSA) is 83.4 Å². The van der Waals surface area contributed by atoms with E-state index < -0.39 is 5.97 Å². The molecular weight excluding hydrogens is 336 g/mol. The van der Waals surface area contributed by atoms with Crippen molar-refractivity contribution in [3.63, 3.8) is 0 Å². The molecule has 1 aromatic heterocycles. The van der Waals surface area contributed by atoms with Crippen LogP contribution in [-0.2, 0) is 0 Å². The molecule has 2 aromatic rings. The van der Waals surface area contributed by atoms with Gasteiger partial charge in [0.25, 0.3) is 0 Å². The number of halogens is 1. The molecule has 0 aliphatic carbocycles. The Balaban J connectivity index is 2.25. The normalized spacial score (nSPS) is 18.8. The van der Waals surface area contributed by atoms with Crippen LogP contribution < -0.4 is 0 Å². The van der Waals surface area contributed by atoms with Crippen LogP contribution in [0.5, 0.6) is 0 Å². The first kappa shape index (κ1) is 13.9. The highest BCUT2D eigenvalue weighted by Gasteiger charge is 2.35. The molecule has 0 amide bonds. The molecule has 110 valence electrons. The lowest BCUT2D eigenvalue weighted by Crippen LogP contribution is -2.27. The summed E-state index contributed by atoms with van der Waals surface area (Å²) in [6.45, 7) is 0.592. The zero-order chi connectivity index (χ0) is 15.3. The Morgan fingerprint density at radius 1 is 1.48 bits per heavy atom.